The van der Waals surface area contributed by atoms with Crippen molar-refractivity contribution in [2.24, 2.45) is 16.2 Å². The zero-order chi connectivity index (χ0) is 32.7. The first kappa shape index (κ1) is 30.6. The van der Waals surface area contributed by atoms with Gasteiger partial charge in [-0.25, -0.2) is 9.59 Å². The van der Waals surface area contributed by atoms with E-state index < -0.39 is 82.2 Å². The van der Waals surface area contributed by atoms with Crippen molar-refractivity contribution in [3.05, 3.63) is 60.2 Å². The molecule has 4 fully saturated rings. The molecule has 238 valence electrons. The van der Waals surface area contributed by atoms with E-state index in [0.717, 1.165) is 4.90 Å². The van der Waals surface area contributed by atoms with Gasteiger partial charge in [-0.1, -0.05) is 45.0 Å². The minimum absolute atomic E-state index is 0.146. The molecule has 0 radical (unpaired) electrons. The Balaban J connectivity index is 1.52. The highest BCUT2D eigenvalue weighted by molar-refractivity contribution is 6.07. The van der Waals surface area contributed by atoms with Crippen molar-refractivity contribution in [1.82, 2.24) is 0 Å². The second kappa shape index (κ2) is 9.77. The molecule has 2 amide bonds. The van der Waals surface area contributed by atoms with Crippen LogP contribution in [0.4, 0.5) is 16.2 Å². The van der Waals surface area contributed by atoms with Gasteiger partial charge in [0.25, 0.3) is 5.91 Å². The normalized spacial score (nSPS) is 31.9. The lowest BCUT2D eigenvalue weighted by Crippen LogP contribution is -2.66. The van der Waals surface area contributed by atoms with Crippen LogP contribution in [0.3, 0.4) is 0 Å². The van der Waals surface area contributed by atoms with Crippen molar-refractivity contribution >= 4 is 41.3 Å². The molecule has 2 N–H and O–H groups in total. The van der Waals surface area contributed by atoms with Crippen molar-refractivity contribution in [1.29, 1.82) is 0 Å². The van der Waals surface area contributed by atoms with Gasteiger partial charge < -0.3 is 24.1 Å². The third-order valence-electron chi connectivity index (χ3n) is 9.48. The van der Waals surface area contributed by atoms with E-state index in [1.54, 1.807) is 77.9 Å². The Hall–Kier alpha value is -4.45. The molecule has 2 aromatic carbocycles. The fourth-order valence-corrected chi connectivity index (χ4v) is 7.68. The maximum absolute atomic E-state index is 14.6. The largest absolute Gasteiger partial charge is 0.461 e. The van der Waals surface area contributed by atoms with Gasteiger partial charge in [0.05, 0.1) is 17.6 Å². The molecule has 4 aliphatic rings. The molecule has 3 saturated heterocycles. The van der Waals surface area contributed by atoms with E-state index in [0.29, 0.717) is 0 Å². The Morgan fingerprint density at radius 2 is 1.67 bits per heavy atom. The number of nitrogens with zero attached hydrogens (tertiary/aromatic N) is 1. The van der Waals surface area contributed by atoms with E-state index in [9.17, 15) is 29.1 Å². The third kappa shape index (κ3) is 4.18. The van der Waals surface area contributed by atoms with Crippen molar-refractivity contribution < 1.29 is 48.0 Å². The zero-order valence-electron chi connectivity index (χ0n) is 25.9. The molecule has 0 aromatic heterocycles. The fraction of sp³-hybridized carbons (Fsp3) is 0.485. The Bertz CT molecular complexity index is 1610. The van der Waals surface area contributed by atoms with E-state index >= 15 is 0 Å². The highest BCUT2D eigenvalue weighted by atomic mass is 16.6. The Morgan fingerprint density at radius 3 is 2.31 bits per heavy atom. The zero-order valence-corrected chi connectivity index (χ0v) is 25.9. The van der Waals surface area contributed by atoms with Crippen LogP contribution >= 0.6 is 0 Å². The van der Waals surface area contributed by atoms with E-state index in [2.05, 4.69) is 5.32 Å². The standard InChI is InChI=1S/C33H36N2O10/c1-29(2,3)32(41)16-21-31(17-22(36)42-21)27(39)44-26-33(31,32)23(43-25(38)18-11-8-7-9-12-18)24(37)35(26)20-14-10-13-19(15-20)34-28(40)45-30(4,5)6/h7-15,21,23,26,41H,16-17H2,1-6H3,(H,34,40)/t21-,23-,26-,31-,32+,33+/m0/s1. The number of carbonyl (C=O) groups is 5. The van der Waals surface area contributed by atoms with E-state index in [-0.39, 0.29) is 23.4 Å². The van der Waals surface area contributed by atoms with Crippen LogP contribution in [0.1, 0.15) is 64.7 Å². The predicted octanol–water partition coefficient (Wildman–Crippen LogP) is 3.96. The summed E-state index contributed by atoms with van der Waals surface area (Å²) >= 11 is 0. The van der Waals surface area contributed by atoms with Gasteiger partial charge in [-0.15, -0.1) is 0 Å². The van der Waals surface area contributed by atoms with Crippen molar-refractivity contribution in [2.75, 3.05) is 10.2 Å². The first-order chi connectivity index (χ1) is 21.0. The molecule has 6 rings (SSSR count). The molecule has 0 bridgehead atoms. The van der Waals surface area contributed by atoms with Crippen molar-refractivity contribution in [2.45, 2.75) is 84.0 Å². The van der Waals surface area contributed by atoms with E-state index in [4.69, 9.17) is 18.9 Å². The summed E-state index contributed by atoms with van der Waals surface area (Å²) in [4.78, 5) is 68.8. The SMILES string of the molecule is CC(C)(C)OC(=O)Nc1cccc(N2C(=O)[C@H](OC(=O)c3ccccc3)[C@@]34[C@@H]2OC(=O)[C@@]32CC(=O)O[C@H]2C[C@@]4(O)C(C)(C)C)c1. The van der Waals surface area contributed by atoms with Gasteiger partial charge in [0, 0.05) is 17.8 Å². The first-order valence-corrected chi connectivity index (χ1v) is 14.8. The van der Waals surface area contributed by atoms with Gasteiger partial charge >= 0.3 is 24.0 Å². The number of hydrogen-bond donors (Lipinski definition) is 2. The smallest absolute Gasteiger partial charge is 0.412 e. The number of esters is 3. The summed E-state index contributed by atoms with van der Waals surface area (Å²) in [5.41, 5.74) is -6.90. The summed E-state index contributed by atoms with van der Waals surface area (Å²) in [6.45, 7) is 10.4. The molecule has 1 aliphatic carbocycles. The monoisotopic (exact) mass is 620 g/mol. The molecule has 0 unspecified atom stereocenters. The second-order valence-electron chi connectivity index (χ2n) is 14.1. The number of carbonyl (C=O) groups excluding carboxylic acids is 5. The summed E-state index contributed by atoms with van der Waals surface area (Å²) in [6.07, 6.45) is -5.76. The number of aliphatic hydroxyl groups is 1. The first-order valence-electron chi connectivity index (χ1n) is 14.8. The molecule has 6 atom stereocenters. The lowest BCUT2D eigenvalue weighted by Gasteiger charge is -2.51. The van der Waals surface area contributed by atoms with E-state index in [1.165, 1.54) is 18.2 Å². The molecule has 12 nitrogen and oxygen atoms in total. The average Bonchev–Trinajstić information content (AvgIpc) is 3.55. The topological polar surface area (TPSA) is 158 Å². The van der Waals surface area contributed by atoms with Crippen LogP contribution in [0, 0.1) is 16.2 Å². The number of benzene rings is 2. The minimum Gasteiger partial charge on any atom is -0.461 e. The number of anilines is 2. The number of hydrogen-bond acceptors (Lipinski definition) is 10. The second-order valence-corrected chi connectivity index (χ2v) is 14.1. The van der Waals surface area contributed by atoms with Gasteiger partial charge in [0.15, 0.2) is 12.3 Å². The lowest BCUT2D eigenvalue weighted by molar-refractivity contribution is -0.204. The summed E-state index contributed by atoms with van der Waals surface area (Å²) < 4.78 is 23.0. The molecule has 3 aliphatic heterocycles. The van der Waals surface area contributed by atoms with Crippen molar-refractivity contribution in [3.8, 4) is 0 Å². The van der Waals surface area contributed by atoms with Gasteiger partial charge in [-0.3, -0.25) is 24.6 Å². The van der Waals surface area contributed by atoms with Crippen LogP contribution in [0.2, 0.25) is 0 Å². The molecule has 1 saturated carbocycles. The maximum Gasteiger partial charge on any atom is 0.412 e. The highest BCUT2D eigenvalue weighted by Gasteiger charge is 2.93. The molecule has 2 spiro atoms. The molecule has 12 heteroatoms. The molecule has 3 heterocycles. The third-order valence-corrected chi connectivity index (χ3v) is 9.48. The van der Waals surface area contributed by atoms with Crippen LogP contribution < -0.4 is 10.2 Å². The van der Waals surface area contributed by atoms with Gasteiger partial charge in [-0.2, -0.15) is 0 Å². The molecular weight excluding hydrogens is 584 g/mol. The summed E-state index contributed by atoms with van der Waals surface area (Å²) in [7, 11) is 0. The minimum atomic E-state index is -1.96. The number of rotatable bonds is 4. The Kier molecular flexibility index (Phi) is 6.64. The van der Waals surface area contributed by atoms with Gasteiger partial charge in [0.1, 0.15) is 22.5 Å². The molecule has 45 heavy (non-hydrogen) atoms. The summed E-state index contributed by atoms with van der Waals surface area (Å²) in [5.74, 6) is -3.14. The molecule has 2 aromatic rings. The lowest BCUT2D eigenvalue weighted by atomic mass is 9.52. The van der Waals surface area contributed by atoms with Gasteiger partial charge in [0.2, 0.25) is 0 Å². The van der Waals surface area contributed by atoms with Crippen LogP contribution in [-0.2, 0) is 33.3 Å². The van der Waals surface area contributed by atoms with Crippen LogP contribution in [0.25, 0.3) is 0 Å². The van der Waals surface area contributed by atoms with Crippen molar-refractivity contribution in [3.63, 3.8) is 0 Å². The fourth-order valence-electron chi connectivity index (χ4n) is 7.68. The van der Waals surface area contributed by atoms with E-state index in [1.807, 2.05) is 0 Å². The van der Waals surface area contributed by atoms with Gasteiger partial charge in [-0.05, 0) is 56.5 Å². The maximum atomic E-state index is 14.6. The summed E-state index contributed by atoms with van der Waals surface area (Å²) in [6, 6.07) is 14.2. The van der Waals surface area contributed by atoms with Crippen LogP contribution in [0.15, 0.2) is 54.6 Å². The van der Waals surface area contributed by atoms with Crippen LogP contribution in [-0.4, -0.2) is 64.7 Å². The quantitative estimate of drug-likeness (QED) is 0.379. The Labute approximate surface area is 259 Å². The average molecular weight is 621 g/mol. The Morgan fingerprint density at radius 1 is 0.978 bits per heavy atom. The number of nitrogens with one attached hydrogen (secondary N) is 1. The molecular formula is C33H36N2O10. The highest BCUT2D eigenvalue weighted by Crippen LogP contribution is 2.76. The summed E-state index contributed by atoms with van der Waals surface area (Å²) in [5, 5.41) is 15.4. The number of ether oxygens (including phenoxy) is 4. The van der Waals surface area contributed by atoms with Crippen LogP contribution in [0.5, 0.6) is 0 Å². The predicted molar refractivity (Wildman–Crippen MR) is 158 cm³/mol. The number of amides is 2.